The summed E-state index contributed by atoms with van der Waals surface area (Å²) in [6.45, 7) is 4.01. The van der Waals surface area contributed by atoms with Gasteiger partial charge in [-0.2, -0.15) is 0 Å². The Kier molecular flexibility index (Phi) is 3.94. The molecule has 0 radical (unpaired) electrons. The van der Waals surface area contributed by atoms with Crippen LogP contribution in [0.2, 0.25) is 0 Å². The van der Waals surface area contributed by atoms with Crippen LogP contribution in [0.3, 0.4) is 0 Å². The van der Waals surface area contributed by atoms with E-state index in [2.05, 4.69) is 15.3 Å². The first-order valence-electron chi connectivity index (χ1n) is 6.03. The van der Waals surface area contributed by atoms with Gasteiger partial charge < -0.3 is 10.1 Å². The van der Waals surface area contributed by atoms with Crippen molar-refractivity contribution in [3.8, 4) is 17.0 Å². The van der Waals surface area contributed by atoms with Crippen molar-refractivity contribution in [3.05, 3.63) is 36.4 Å². The first-order valence-corrected chi connectivity index (χ1v) is 6.03. The maximum Gasteiger partial charge on any atom is 0.136 e. The number of methoxy groups -OCH3 is 1. The standard InChI is InChI=1S/C14H16FN3O/c1-9(2)18-13-7-11(16-8-17-13)14-10(15)5-4-6-12(14)19-3/h4-9H,1-3H3,(H,16,17,18). The van der Waals surface area contributed by atoms with E-state index in [1.54, 1.807) is 18.2 Å². The third kappa shape index (κ3) is 2.99. The first kappa shape index (κ1) is 13.3. The lowest BCUT2D eigenvalue weighted by atomic mass is 10.1. The van der Waals surface area contributed by atoms with E-state index in [0.29, 0.717) is 22.8 Å². The SMILES string of the molecule is COc1cccc(F)c1-c1cc(NC(C)C)ncn1. The zero-order valence-corrected chi connectivity index (χ0v) is 11.1. The molecule has 0 aliphatic rings. The number of ether oxygens (including phenoxy) is 1. The topological polar surface area (TPSA) is 47.0 Å². The van der Waals surface area contributed by atoms with Crippen LogP contribution in [0.1, 0.15) is 13.8 Å². The molecule has 1 aromatic heterocycles. The predicted molar refractivity (Wildman–Crippen MR) is 72.7 cm³/mol. The van der Waals surface area contributed by atoms with Gasteiger partial charge in [0, 0.05) is 12.1 Å². The summed E-state index contributed by atoms with van der Waals surface area (Å²) in [5.41, 5.74) is 0.840. The van der Waals surface area contributed by atoms with Gasteiger partial charge in [0.1, 0.15) is 23.7 Å². The van der Waals surface area contributed by atoms with E-state index < -0.39 is 0 Å². The van der Waals surface area contributed by atoms with Gasteiger partial charge in [-0.25, -0.2) is 14.4 Å². The molecule has 1 aromatic carbocycles. The number of hydrogen-bond donors (Lipinski definition) is 1. The van der Waals surface area contributed by atoms with Crippen molar-refractivity contribution in [1.29, 1.82) is 0 Å². The lowest BCUT2D eigenvalue weighted by Gasteiger charge is -2.12. The summed E-state index contributed by atoms with van der Waals surface area (Å²) in [6.07, 6.45) is 1.41. The Morgan fingerprint density at radius 2 is 2.05 bits per heavy atom. The molecule has 0 unspecified atom stereocenters. The van der Waals surface area contributed by atoms with Crippen LogP contribution in [0.15, 0.2) is 30.6 Å². The second kappa shape index (κ2) is 5.65. The third-order valence-electron chi connectivity index (χ3n) is 2.56. The van der Waals surface area contributed by atoms with Gasteiger partial charge in [0.05, 0.1) is 18.4 Å². The Morgan fingerprint density at radius 1 is 1.26 bits per heavy atom. The number of halogens is 1. The fourth-order valence-corrected chi connectivity index (χ4v) is 1.79. The summed E-state index contributed by atoms with van der Waals surface area (Å²) in [4.78, 5) is 8.22. The molecule has 0 saturated carbocycles. The van der Waals surface area contributed by atoms with Crippen molar-refractivity contribution in [3.63, 3.8) is 0 Å². The van der Waals surface area contributed by atoms with Gasteiger partial charge in [-0.1, -0.05) is 6.07 Å². The molecule has 4 nitrogen and oxygen atoms in total. The van der Waals surface area contributed by atoms with Crippen LogP contribution in [0, 0.1) is 5.82 Å². The normalized spacial score (nSPS) is 10.6. The molecule has 19 heavy (non-hydrogen) atoms. The third-order valence-corrected chi connectivity index (χ3v) is 2.56. The van der Waals surface area contributed by atoms with E-state index in [1.807, 2.05) is 13.8 Å². The predicted octanol–water partition coefficient (Wildman–Crippen LogP) is 3.11. The van der Waals surface area contributed by atoms with Gasteiger partial charge in [-0.3, -0.25) is 0 Å². The van der Waals surface area contributed by atoms with E-state index in [9.17, 15) is 4.39 Å². The Hall–Kier alpha value is -2.17. The van der Waals surface area contributed by atoms with Crippen LogP contribution in [0.5, 0.6) is 5.75 Å². The minimum Gasteiger partial charge on any atom is -0.496 e. The van der Waals surface area contributed by atoms with Gasteiger partial charge in [-0.15, -0.1) is 0 Å². The molecule has 0 spiro atoms. The molecule has 0 fully saturated rings. The fraction of sp³-hybridized carbons (Fsp3) is 0.286. The molecule has 100 valence electrons. The maximum atomic E-state index is 14.0. The van der Waals surface area contributed by atoms with E-state index in [-0.39, 0.29) is 11.9 Å². The quantitative estimate of drug-likeness (QED) is 0.918. The zero-order valence-electron chi connectivity index (χ0n) is 11.1. The van der Waals surface area contributed by atoms with Crippen molar-refractivity contribution in [1.82, 2.24) is 9.97 Å². The lowest BCUT2D eigenvalue weighted by Crippen LogP contribution is -2.11. The Labute approximate surface area is 111 Å². The van der Waals surface area contributed by atoms with Crippen molar-refractivity contribution in [2.24, 2.45) is 0 Å². The molecular weight excluding hydrogens is 245 g/mol. The maximum absolute atomic E-state index is 14.0. The summed E-state index contributed by atoms with van der Waals surface area (Å²) in [5, 5.41) is 3.16. The average molecular weight is 261 g/mol. The Bertz CT molecular complexity index is 572. The van der Waals surface area contributed by atoms with Gasteiger partial charge >= 0.3 is 0 Å². The number of rotatable bonds is 4. The number of nitrogens with one attached hydrogen (secondary N) is 1. The highest BCUT2D eigenvalue weighted by Gasteiger charge is 2.13. The number of anilines is 1. The van der Waals surface area contributed by atoms with Crippen molar-refractivity contribution in [2.45, 2.75) is 19.9 Å². The number of nitrogens with zero attached hydrogens (tertiary/aromatic N) is 2. The largest absolute Gasteiger partial charge is 0.496 e. The van der Waals surface area contributed by atoms with Crippen molar-refractivity contribution >= 4 is 5.82 Å². The molecule has 2 aromatic rings. The number of aromatic nitrogens is 2. The molecule has 0 aliphatic heterocycles. The lowest BCUT2D eigenvalue weighted by molar-refractivity contribution is 0.413. The minimum absolute atomic E-state index is 0.241. The molecular formula is C14H16FN3O. The second-order valence-corrected chi connectivity index (χ2v) is 4.40. The molecule has 0 bridgehead atoms. The van der Waals surface area contributed by atoms with E-state index in [4.69, 9.17) is 4.74 Å². The molecule has 5 heteroatoms. The van der Waals surface area contributed by atoms with Crippen molar-refractivity contribution in [2.75, 3.05) is 12.4 Å². The zero-order chi connectivity index (χ0) is 13.8. The summed E-state index contributed by atoms with van der Waals surface area (Å²) in [7, 11) is 1.51. The smallest absolute Gasteiger partial charge is 0.136 e. The Balaban J connectivity index is 2.47. The highest BCUT2D eigenvalue weighted by molar-refractivity contribution is 5.69. The monoisotopic (exact) mass is 261 g/mol. The number of hydrogen-bond acceptors (Lipinski definition) is 4. The Morgan fingerprint density at radius 3 is 2.74 bits per heavy atom. The van der Waals surface area contributed by atoms with E-state index in [0.717, 1.165) is 0 Å². The molecule has 1 N–H and O–H groups in total. The first-order chi connectivity index (χ1) is 9.11. The molecule has 0 aliphatic carbocycles. The summed E-state index contributed by atoms with van der Waals surface area (Å²) in [6, 6.07) is 6.64. The summed E-state index contributed by atoms with van der Waals surface area (Å²) in [5.74, 6) is 0.744. The van der Waals surface area contributed by atoms with Crippen LogP contribution >= 0.6 is 0 Å². The van der Waals surface area contributed by atoms with E-state index >= 15 is 0 Å². The summed E-state index contributed by atoms with van der Waals surface area (Å²) >= 11 is 0. The van der Waals surface area contributed by atoms with E-state index in [1.165, 1.54) is 19.5 Å². The molecule has 0 amide bonds. The average Bonchev–Trinajstić information content (AvgIpc) is 2.37. The van der Waals surface area contributed by atoms with Crippen molar-refractivity contribution < 1.29 is 9.13 Å². The molecule has 1 heterocycles. The molecule has 2 rings (SSSR count). The highest BCUT2D eigenvalue weighted by atomic mass is 19.1. The van der Waals surface area contributed by atoms with Gasteiger partial charge in [0.15, 0.2) is 0 Å². The molecule has 0 atom stereocenters. The highest BCUT2D eigenvalue weighted by Crippen LogP contribution is 2.31. The number of benzene rings is 1. The second-order valence-electron chi connectivity index (χ2n) is 4.40. The van der Waals surface area contributed by atoms with Gasteiger partial charge in [0.2, 0.25) is 0 Å². The fourth-order valence-electron chi connectivity index (χ4n) is 1.79. The van der Waals surface area contributed by atoms with Crippen LogP contribution in [0.4, 0.5) is 10.2 Å². The van der Waals surface area contributed by atoms with Gasteiger partial charge in [-0.05, 0) is 26.0 Å². The van der Waals surface area contributed by atoms with Crippen LogP contribution in [-0.4, -0.2) is 23.1 Å². The van der Waals surface area contributed by atoms with Crippen LogP contribution in [0.25, 0.3) is 11.3 Å². The van der Waals surface area contributed by atoms with Gasteiger partial charge in [0.25, 0.3) is 0 Å². The minimum atomic E-state index is -0.367. The molecule has 0 saturated heterocycles. The van der Waals surface area contributed by atoms with Crippen LogP contribution in [-0.2, 0) is 0 Å². The summed E-state index contributed by atoms with van der Waals surface area (Å²) < 4.78 is 19.1. The van der Waals surface area contributed by atoms with Crippen LogP contribution < -0.4 is 10.1 Å².